The van der Waals surface area contributed by atoms with Crippen LogP contribution < -0.4 is 4.74 Å². The summed E-state index contributed by atoms with van der Waals surface area (Å²) in [6.45, 7) is 2.97. The van der Waals surface area contributed by atoms with E-state index in [1.807, 2.05) is 0 Å². The van der Waals surface area contributed by atoms with E-state index in [0.717, 1.165) is 12.8 Å². The van der Waals surface area contributed by atoms with Gasteiger partial charge in [-0.3, -0.25) is 4.79 Å². The number of nitrogens with zero attached hydrogens (tertiary/aromatic N) is 2. The number of amides is 1. The summed E-state index contributed by atoms with van der Waals surface area (Å²) in [6, 6.07) is 10.0. The van der Waals surface area contributed by atoms with E-state index >= 15 is 0 Å². The summed E-state index contributed by atoms with van der Waals surface area (Å²) in [5, 5.41) is 0. The Morgan fingerprint density at radius 1 is 1.00 bits per heavy atom. The van der Waals surface area contributed by atoms with Crippen molar-refractivity contribution in [2.45, 2.75) is 43.6 Å². The van der Waals surface area contributed by atoms with Crippen LogP contribution in [0.15, 0.2) is 45.7 Å². The third kappa shape index (κ3) is 4.33. The molecular weight excluding hydrogens is 392 g/mol. The van der Waals surface area contributed by atoms with Crippen LogP contribution in [0.25, 0.3) is 0 Å². The van der Waals surface area contributed by atoms with Crippen LogP contribution in [0.5, 0.6) is 5.75 Å². The number of aryl methyl sites for hydroxylation is 1. The molecule has 29 heavy (non-hydrogen) atoms. The summed E-state index contributed by atoms with van der Waals surface area (Å²) < 4.78 is 38.6. The minimum atomic E-state index is -3.60. The highest BCUT2D eigenvalue weighted by Gasteiger charge is 2.31. The van der Waals surface area contributed by atoms with Crippen molar-refractivity contribution in [3.63, 3.8) is 0 Å². The number of ether oxygens (including phenoxy) is 1. The molecule has 0 unspecified atom stereocenters. The predicted octanol–water partition coefficient (Wildman–Crippen LogP) is 3.06. The standard InChI is InChI=1S/C21H26N2O5S/c1-16-6-11-20(27-16)21(24)22-12-14-23(15-13-22)29(25,26)19-9-7-18(8-10-19)28-17-4-2-3-5-17/h6-11,17H,2-5,12-15H2,1H3. The van der Waals surface area contributed by atoms with Crippen molar-refractivity contribution in [1.82, 2.24) is 9.21 Å². The van der Waals surface area contributed by atoms with E-state index in [1.165, 1.54) is 17.1 Å². The highest BCUT2D eigenvalue weighted by Crippen LogP contribution is 2.26. The molecule has 1 aromatic carbocycles. The Labute approximate surface area is 171 Å². The van der Waals surface area contributed by atoms with Gasteiger partial charge in [0.2, 0.25) is 10.0 Å². The number of hydrogen-bond donors (Lipinski definition) is 0. The third-order valence-corrected chi connectivity index (χ3v) is 7.46. The van der Waals surface area contributed by atoms with Gasteiger partial charge in [-0.1, -0.05) is 0 Å². The largest absolute Gasteiger partial charge is 0.490 e. The lowest BCUT2D eigenvalue weighted by Gasteiger charge is -2.33. The highest BCUT2D eigenvalue weighted by atomic mass is 32.2. The second kappa shape index (κ2) is 8.20. The van der Waals surface area contributed by atoms with Crippen molar-refractivity contribution in [2.24, 2.45) is 0 Å². The molecule has 8 heteroatoms. The van der Waals surface area contributed by atoms with Gasteiger partial charge < -0.3 is 14.1 Å². The van der Waals surface area contributed by atoms with E-state index < -0.39 is 10.0 Å². The molecule has 0 atom stereocenters. The fraction of sp³-hybridized carbons (Fsp3) is 0.476. The molecule has 7 nitrogen and oxygen atoms in total. The summed E-state index contributed by atoms with van der Waals surface area (Å²) in [5.74, 6) is 1.47. The van der Waals surface area contributed by atoms with Gasteiger partial charge in [0.05, 0.1) is 11.0 Å². The topological polar surface area (TPSA) is 80.1 Å². The molecule has 1 saturated heterocycles. The van der Waals surface area contributed by atoms with E-state index in [1.54, 1.807) is 48.2 Å². The maximum atomic E-state index is 13.0. The minimum Gasteiger partial charge on any atom is -0.490 e. The number of rotatable bonds is 5. The summed E-state index contributed by atoms with van der Waals surface area (Å²) in [4.78, 5) is 14.3. The molecule has 1 aliphatic heterocycles. The molecule has 1 saturated carbocycles. The van der Waals surface area contributed by atoms with Crippen LogP contribution in [-0.4, -0.2) is 55.8 Å². The van der Waals surface area contributed by atoms with Gasteiger partial charge in [-0.05, 0) is 69.0 Å². The Bertz CT molecular complexity index is 953. The SMILES string of the molecule is Cc1ccc(C(=O)N2CCN(S(=O)(=O)c3ccc(OC4CCCC4)cc3)CC2)o1. The molecule has 1 aliphatic carbocycles. The molecule has 2 fully saturated rings. The fourth-order valence-corrected chi connectivity index (χ4v) is 5.30. The second-order valence-corrected chi connectivity index (χ2v) is 9.54. The first kappa shape index (κ1) is 20.0. The van der Waals surface area contributed by atoms with Crippen LogP contribution in [0.2, 0.25) is 0 Å². The number of carbonyl (C=O) groups excluding carboxylic acids is 1. The molecule has 2 aromatic rings. The van der Waals surface area contributed by atoms with Crippen LogP contribution in [0, 0.1) is 6.92 Å². The maximum absolute atomic E-state index is 13.0. The molecule has 2 heterocycles. The van der Waals surface area contributed by atoms with Gasteiger partial charge in [-0.25, -0.2) is 8.42 Å². The fourth-order valence-electron chi connectivity index (χ4n) is 3.87. The van der Waals surface area contributed by atoms with Crippen molar-refractivity contribution in [3.05, 3.63) is 47.9 Å². The first-order valence-corrected chi connectivity index (χ1v) is 11.5. The zero-order valence-electron chi connectivity index (χ0n) is 16.5. The normalized spacial score (nSPS) is 18.9. The van der Waals surface area contributed by atoms with E-state index in [9.17, 15) is 13.2 Å². The molecular formula is C21H26N2O5S. The number of piperazine rings is 1. The number of hydrogen-bond acceptors (Lipinski definition) is 5. The Hall–Kier alpha value is -2.32. The zero-order valence-corrected chi connectivity index (χ0v) is 17.4. The van der Waals surface area contributed by atoms with Crippen molar-refractivity contribution >= 4 is 15.9 Å². The quantitative estimate of drug-likeness (QED) is 0.746. The van der Waals surface area contributed by atoms with Gasteiger partial charge in [-0.2, -0.15) is 4.31 Å². The van der Waals surface area contributed by atoms with E-state index in [0.29, 0.717) is 24.6 Å². The number of carbonyl (C=O) groups is 1. The average Bonchev–Trinajstić information content (AvgIpc) is 3.40. The van der Waals surface area contributed by atoms with E-state index in [4.69, 9.17) is 9.15 Å². The third-order valence-electron chi connectivity index (χ3n) is 5.54. The first-order valence-electron chi connectivity index (χ1n) is 10.1. The summed E-state index contributed by atoms with van der Waals surface area (Å²) in [7, 11) is -3.60. The molecule has 1 aromatic heterocycles. The molecule has 4 rings (SSSR count). The summed E-state index contributed by atoms with van der Waals surface area (Å²) >= 11 is 0. The van der Waals surface area contributed by atoms with Crippen LogP contribution in [0.4, 0.5) is 0 Å². The number of furan rings is 1. The second-order valence-electron chi connectivity index (χ2n) is 7.60. The number of sulfonamides is 1. The molecule has 0 radical (unpaired) electrons. The van der Waals surface area contributed by atoms with Gasteiger partial charge in [-0.15, -0.1) is 0 Å². The van der Waals surface area contributed by atoms with Gasteiger partial charge in [0.25, 0.3) is 5.91 Å². The van der Waals surface area contributed by atoms with Crippen molar-refractivity contribution in [1.29, 1.82) is 0 Å². The lowest BCUT2D eigenvalue weighted by atomic mass is 10.3. The van der Waals surface area contributed by atoms with Gasteiger partial charge >= 0.3 is 0 Å². The summed E-state index contributed by atoms with van der Waals surface area (Å²) in [5.41, 5.74) is 0. The zero-order chi connectivity index (χ0) is 20.4. The lowest BCUT2D eigenvalue weighted by Crippen LogP contribution is -2.50. The lowest BCUT2D eigenvalue weighted by molar-refractivity contribution is 0.0664. The molecule has 156 valence electrons. The minimum absolute atomic E-state index is 0.205. The van der Waals surface area contributed by atoms with E-state index in [2.05, 4.69) is 0 Å². The highest BCUT2D eigenvalue weighted by molar-refractivity contribution is 7.89. The average molecular weight is 419 g/mol. The summed E-state index contributed by atoms with van der Waals surface area (Å²) in [6.07, 6.45) is 4.72. The molecule has 0 bridgehead atoms. The van der Waals surface area contributed by atoms with Crippen LogP contribution in [0.1, 0.15) is 42.0 Å². The molecule has 2 aliphatic rings. The van der Waals surface area contributed by atoms with Crippen LogP contribution >= 0.6 is 0 Å². The van der Waals surface area contributed by atoms with Gasteiger partial charge in [0.15, 0.2) is 5.76 Å². The Morgan fingerprint density at radius 2 is 1.66 bits per heavy atom. The monoisotopic (exact) mass is 418 g/mol. The molecule has 1 amide bonds. The van der Waals surface area contributed by atoms with Crippen molar-refractivity contribution in [2.75, 3.05) is 26.2 Å². The Morgan fingerprint density at radius 3 is 2.24 bits per heavy atom. The molecule has 0 spiro atoms. The van der Waals surface area contributed by atoms with Gasteiger partial charge in [0, 0.05) is 26.2 Å². The number of benzene rings is 1. The van der Waals surface area contributed by atoms with Crippen molar-refractivity contribution in [3.8, 4) is 5.75 Å². The maximum Gasteiger partial charge on any atom is 0.289 e. The van der Waals surface area contributed by atoms with Crippen LogP contribution in [0.3, 0.4) is 0 Å². The smallest absolute Gasteiger partial charge is 0.289 e. The van der Waals surface area contributed by atoms with Gasteiger partial charge in [0.1, 0.15) is 11.5 Å². The van der Waals surface area contributed by atoms with Crippen LogP contribution in [-0.2, 0) is 10.0 Å². The predicted molar refractivity (Wildman–Crippen MR) is 107 cm³/mol. The Balaban J connectivity index is 1.37. The first-order chi connectivity index (χ1) is 13.9. The van der Waals surface area contributed by atoms with Crippen molar-refractivity contribution < 1.29 is 22.4 Å². The molecule has 0 N–H and O–H groups in total. The Kier molecular flexibility index (Phi) is 5.65. The van der Waals surface area contributed by atoms with E-state index in [-0.39, 0.29) is 35.8 Å².